The van der Waals surface area contributed by atoms with Gasteiger partial charge in [-0.05, 0) is 39.3 Å². The summed E-state index contributed by atoms with van der Waals surface area (Å²) in [6, 6.07) is 2.29. The van der Waals surface area contributed by atoms with Crippen LogP contribution in [-0.4, -0.2) is 36.1 Å². The van der Waals surface area contributed by atoms with E-state index in [0.29, 0.717) is 0 Å². The van der Waals surface area contributed by atoms with Gasteiger partial charge in [0.05, 0.1) is 0 Å². The normalized spacial score (nSPS) is 19.0. The maximum Gasteiger partial charge on any atom is 0.0423 e. The molecule has 0 saturated carbocycles. The third kappa shape index (κ3) is 2.02. The van der Waals surface area contributed by atoms with E-state index >= 15 is 0 Å². The van der Waals surface area contributed by atoms with Crippen LogP contribution in [0.5, 0.6) is 0 Å². The Morgan fingerprint density at radius 2 is 1.81 bits per heavy atom. The molecule has 0 bridgehead atoms. The number of aromatic nitrogens is 1. The van der Waals surface area contributed by atoms with E-state index in [4.69, 9.17) is 0 Å². The molecule has 90 valence electrons. The molecule has 1 fully saturated rings. The highest BCUT2D eigenvalue weighted by atomic mass is 15.2. The van der Waals surface area contributed by atoms with Crippen LogP contribution < -0.4 is 5.32 Å². The van der Waals surface area contributed by atoms with Gasteiger partial charge in [0.2, 0.25) is 0 Å². The number of aromatic amines is 1. The summed E-state index contributed by atoms with van der Waals surface area (Å²) in [6.07, 6.45) is 0. The number of hydrogen-bond donors (Lipinski definition) is 2. The number of nitrogens with zero attached hydrogens (tertiary/aromatic N) is 1. The van der Waals surface area contributed by atoms with Gasteiger partial charge in [0.1, 0.15) is 0 Å². The SMILES string of the molecule is Cc1cc(C(C)(C)N2CCNCC2)c(C)[nH]1. The van der Waals surface area contributed by atoms with Crippen LogP contribution >= 0.6 is 0 Å². The molecule has 1 aliphatic heterocycles. The van der Waals surface area contributed by atoms with Crippen molar-refractivity contribution in [1.29, 1.82) is 0 Å². The van der Waals surface area contributed by atoms with Crippen LogP contribution in [0.4, 0.5) is 0 Å². The molecule has 0 atom stereocenters. The summed E-state index contributed by atoms with van der Waals surface area (Å²) in [4.78, 5) is 5.98. The quantitative estimate of drug-likeness (QED) is 0.797. The Morgan fingerprint density at radius 3 is 2.31 bits per heavy atom. The fourth-order valence-corrected chi connectivity index (χ4v) is 2.75. The molecule has 0 radical (unpaired) electrons. The zero-order valence-electron chi connectivity index (χ0n) is 10.9. The molecule has 16 heavy (non-hydrogen) atoms. The lowest BCUT2D eigenvalue weighted by Crippen LogP contribution is -2.51. The van der Waals surface area contributed by atoms with E-state index in [1.807, 2.05) is 0 Å². The van der Waals surface area contributed by atoms with Crippen LogP contribution in [0, 0.1) is 13.8 Å². The van der Waals surface area contributed by atoms with Gasteiger partial charge >= 0.3 is 0 Å². The van der Waals surface area contributed by atoms with Crippen LogP contribution in [0.1, 0.15) is 30.8 Å². The summed E-state index contributed by atoms with van der Waals surface area (Å²) >= 11 is 0. The second-order valence-electron chi connectivity index (χ2n) is 5.29. The van der Waals surface area contributed by atoms with E-state index in [1.165, 1.54) is 17.0 Å². The zero-order valence-corrected chi connectivity index (χ0v) is 10.9. The number of H-pyrrole nitrogens is 1. The lowest BCUT2D eigenvalue weighted by molar-refractivity contribution is 0.102. The maximum atomic E-state index is 3.41. The third-order valence-corrected chi connectivity index (χ3v) is 3.72. The summed E-state index contributed by atoms with van der Waals surface area (Å²) < 4.78 is 0. The average molecular weight is 221 g/mol. The van der Waals surface area contributed by atoms with Crippen molar-refractivity contribution >= 4 is 0 Å². The fraction of sp³-hybridized carbons (Fsp3) is 0.692. The summed E-state index contributed by atoms with van der Waals surface area (Å²) in [6.45, 7) is 13.4. The first kappa shape index (κ1) is 11.7. The van der Waals surface area contributed by atoms with Crippen LogP contribution in [-0.2, 0) is 5.54 Å². The molecule has 1 aromatic heterocycles. The van der Waals surface area contributed by atoms with Crippen molar-refractivity contribution in [2.45, 2.75) is 33.2 Å². The lowest BCUT2D eigenvalue weighted by atomic mass is 9.91. The molecular weight excluding hydrogens is 198 g/mol. The molecule has 2 rings (SSSR count). The van der Waals surface area contributed by atoms with E-state index in [0.717, 1.165) is 26.2 Å². The lowest BCUT2D eigenvalue weighted by Gasteiger charge is -2.41. The molecule has 2 N–H and O–H groups in total. The van der Waals surface area contributed by atoms with Crippen molar-refractivity contribution in [3.05, 3.63) is 23.0 Å². The van der Waals surface area contributed by atoms with E-state index in [2.05, 4.69) is 49.0 Å². The van der Waals surface area contributed by atoms with Gasteiger partial charge in [-0.25, -0.2) is 0 Å². The highest BCUT2D eigenvalue weighted by Gasteiger charge is 2.31. The summed E-state index contributed by atoms with van der Waals surface area (Å²) in [7, 11) is 0. The summed E-state index contributed by atoms with van der Waals surface area (Å²) in [5.41, 5.74) is 4.14. The van der Waals surface area contributed by atoms with Crippen molar-refractivity contribution < 1.29 is 0 Å². The first-order valence-electron chi connectivity index (χ1n) is 6.14. The van der Waals surface area contributed by atoms with E-state index in [1.54, 1.807) is 0 Å². The molecule has 2 heterocycles. The summed E-state index contributed by atoms with van der Waals surface area (Å²) in [5.74, 6) is 0. The highest BCUT2D eigenvalue weighted by molar-refractivity contribution is 5.31. The van der Waals surface area contributed by atoms with Crippen LogP contribution in [0.3, 0.4) is 0 Å². The molecule has 0 unspecified atom stereocenters. The molecule has 3 nitrogen and oxygen atoms in total. The van der Waals surface area contributed by atoms with Crippen molar-refractivity contribution in [2.75, 3.05) is 26.2 Å². The smallest absolute Gasteiger partial charge is 0.0423 e. The number of aryl methyl sites for hydroxylation is 2. The second kappa shape index (κ2) is 4.22. The van der Waals surface area contributed by atoms with Gasteiger partial charge in [-0.3, -0.25) is 4.90 Å². The Morgan fingerprint density at radius 1 is 1.19 bits per heavy atom. The molecule has 3 heteroatoms. The van der Waals surface area contributed by atoms with Crippen LogP contribution in [0.15, 0.2) is 6.07 Å². The van der Waals surface area contributed by atoms with Crippen molar-refractivity contribution in [3.8, 4) is 0 Å². The predicted molar refractivity (Wildman–Crippen MR) is 67.7 cm³/mol. The molecule has 0 aromatic carbocycles. The van der Waals surface area contributed by atoms with Gasteiger partial charge in [0.15, 0.2) is 0 Å². The molecular formula is C13H23N3. The monoisotopic (exact) mass is 221 g/mol. The number of rotatable bonds is 2. The topological polar surface area (TPSA) is 31.1 Å². The Balaban J connectivity index is 2.26. The van der Waals surface area contributed by atoms with Crippen molar-refractivity contribution in [2.24, 2.45) is 0 Å². The van der Waals surface area contributed by atoms with Crippen LogP contribution in [0.2, 0.25) is 0 Å². The van der Waals surface area contributed by atoms with Gasteiger partial charge in [-0.1, -0.05) is 0 Å². The number of hydrogen-bond acceptors (Lipinski definition) is 2. The Hall–Kier alpha value is -0.800. The Bertz CT molecular complexity index is 359. The van der Waals surface area contributed by atoms with Crippen molar-refractivity contribution in [3.63, 3.8) is 0 Å². The summed E-state index contributed by atoms with van der Waals surface area (Å²) in [5, 5.41) is 3.41. The first-order valence-corrected chi connectivity index (χ1v) is 6.14. The molecule has 1 aromatic rings. The minimum absolute atomic E-state index is 0.136. The van der Waals surface area contributed by atoms with E-state index in [9.17, 15) is 0 Å². The Kier molecular flexibility index (Phi) is 3.08. The number of piperazine rings is 1. The van der Waals surface area contributed by atoms with Gasteiger partial charge in [-0.15, -0.1) is 0 Å². The molecule has 0 aliphatic carbocycles. The van der Waals surface area contributed by atoms with Gasteiger partial charge in [0.25, 0.3) is 0 Å². The Labute approximate surface area is 98.2 Å². The van der Waals surface area contributed by atoms with Gasteiger partial charge in [-0.2, -0.15) is 0 Å². The third-order valence-electron chi connectivity index (χ3n) is 3.72. The number of nitrogens with one attached hydrogen (secondary N) is 2. The zero-order chi connectivity index (χ0) is 11.8. The predicted octanol–water partition coefficient (Wildman–Crippen LogP) is 1.77. The minimum Gasteiger partial charge on any atom is -0.362 e. The fourth-order valence-electron chi connectivity index (χ4n) is 2.75. The molecule has 0 amide bonds. The van der Waals surface area contributed by atoms with Crippen molar-refractivity contribution in [1.82, 2.24) is 15.2 Å². The van der Waals surface area contributed by atoms with Gasteiger partial charge < -0.3 is 10.3 Å². The molecule has 0 spiro atoms. The van der Waals surface area contributed by atoms with E-state index < -0.39 is 0 Å². The van der Waals surface area contributed by atoms with E-state index in [-0.39, 0.29) is 5.54 Å². The maximum absolute atomic E-state index is 3.41. The standard InChI is InChI=1S/C13H23N3/c1-10-9-12(11(2)15-10)13(3,4)16-7-5-14-6-8-16/h9,14-15H,5-8H2,1-4H3. The molecule has 1 aliphatic rings. The minimum atomic E-state index is 0.136. The largest absolute Gasteiger partial charge is 0.362 e. The van der Waals surface area contributed by atoms with Crippen LogP contribution in [0.25, 0.3) is 0 Å². The average Bonchev–Trinajstić information content (AvgIpc) is 2.60. The molecule has 1 saturated heterocycles. The first-order chi connectivity index (χ1) is 7.51. The second-order valence-corrected chi connectivity index (χ2v) is 5.29. The highest BCUT2D eigenvalue weighted by Crippen LogP contribution is 2.30. The van der Waals surface area contributed by atoms with Gasteiger partial charge in [0, 0.05) is 43.1 Å².